The van der Waals surface area contributed by atoms with Crippen molar-refractivity contribution in [3.63, 3.8) is 0 Å². The number of benzene rings is 2. The molecule has 0 saturated heterocycles. The molecule has 0 saturated carbocycles. The van der Waals surface area contributed by atoms with Gasteiger partial charge in [-0.1, -0.05) is 36.4 Å². The quantitative estimate of drug-likeness (QED) is 0.837. The van der Waals surface area contributed by atoms with Crippen LogP contribution in [0, 0.1) is 0 Å². The largest absolute Gasteiger partial charge is 0.491 e. The highest BCUT2D eigenvalue weighted by atomic mass is 35.5. The number of hydrogen-bond donors (Lipinski definition) is 2. The van der Waals surface area contributed by atoms with E-state index in [0.717, 1.165) is 24.3 Å². The third-order valence-electron chi connectivity index (χ3n) is 4.51. The predicted molar refractivity (Wildman–Crippen MR) is 107 cm³/mol. The van der Waals surface area contributed by atoms with Crippen molar-refractivity contribution >= 4 is 18.3 Å². The van der Waals surface area contributed by atoms with Crippen LogP contribution in [0.3, 0.4) is 0 Å². The highest BCUT2D eigenvalue weighted by Crippen LogP contribution is 2.20. The number of amides is 1. The molecule has 26 heavy (non-hydrogen) atoms. The van der Waals surface area contributed by atoms with E-state index >= 15 is 0 Å². The molecule has 2 aromatic rings. The van der Waals surface area contributed by atoms with Crippen molar-refractivity contribution in [1.82, 2.24) is 10.6 Å². The van der Waals surface area contributed by atoms with Gasteiger partial charge in [0.1, 0.15) is 5.75 Å². The number of rotatable bonds is 5. The highest BCUT2D eigenvalue weighted by molar-refractivity contribution is 5.85. The van der Waals surface area contributed by atoms with Crippen LogP contribution in [0.25, 0.3) is 0 Å². The van der Waals surface area contributed by atoms with Crippen molar-refractivity contribution in [2.45, 2.75) is 51.9 Å². The molecule has 1 heterocycles. The normalized spacial score (nSPS) is 17.0. The summed E-state index contributed by atoms with van der Waals surface area (Å²) in [6.07, 6.45) is 0.888. The summed E-state index contributed by atoms with van der Waals surface area (Å²) in [6.45, 7) is 6.76. The first kappa shape index (κ1) is 20.3. The van der Waals surface area contributed by atoms with Gasteiger partial charge in [0.25, 0.3) is 0 Å². The van der Waals surface area contributed by atoms with Gasteiger partial charge in [0, 0.05) is 6.54 Å². The van der Waals surface area contributed by atoms with Gasteiger partial charge in [-0.25, -0.2) is 0 Å². The second kappa shape index (κ2) is 9.06. The molecular weight excluding hydrogens is 348 g/mol. The minimum absolute atomic E-state index is 0. The first-order valence-electron chi connectivity index (χ1n) is 8.90. The van der Waals surface area contributed by atoms with Gasteiger partial charge in [-0.2, -0.15) is 0 Å². The lowest BCUT2D eigenvalue weighted by molar-refractivity contribution is -0.124. The van der Waals surface area contributed by atoms with Gasteiger partial charge in [0.2, 0.25) is 5.91 Å². The molecule has 2 aromatic carbocycles. The zero-order valence-electron chi connectivity index (χ0n) is 15.5. The van der Waals surface area contributed by atoms with Crippen molar-refractivity contribution in [1.29, 1.82) is 0 Å². The Morgan fingerprint density at radius 2 is 1.73 bits per heavy atom. The smallest absolute Gasteiger partial charge is 0.237 e. The Bertz CT molecular complexity index is 731. The van der Waals surface area contributed by atoms with Gasteiger partial charge < -0.3 is 15.4 Å². The average molecular weight is 375 g/mol. The number of ether oxygens (including phenoxy) is 1. The summed E-state index contributed by atoms with van der Waals surface area (Å²) in [5, 5.41) is 6.45. The number of halogens is 1. The molecule has 1 aliphatic rings. The summed E-state index contributed by atoms with van der Waals surface area (Å²) in [5.74, 6) is 0.896. The first-order chi connectivity index (χ1) is 12.0. The van der Waals surface area contributed by atoms with E-state index in [9.17, 15) is 4.79 Å². The topological polar surface area (TPSA) is 50.4 Å². The van der Waals surface area contributed by atoms with E-state index in [2.05, 4.69) is 22.8 Å². The van der Waals surface area contributed by atoms with Crippen molar-refractivity contribution < 1.29 is 9.53 Å². The monoisotopic (exact) mass is 374 g/mol. The van der Waals surface area contributed by atoms with E-state index in [1.807, 2.05) is 57.2 Å². The molecule has 1 aliphatic heterocycles. The minimum atomic E-state index is -0.180. The maximum Gasteiger partial charge on any atom is 0.237 e. The standard InChI is InChI=1S/C21H26N2O2.ClH/c1-14(2)25-19-10-8-16(9-11-19)15(3)23-21(24)20-12-17-6-4-5-7-18(17)13-22-20;/h4-11,14-15,20,22H,12-13H2,1-3H3,(H,23,24);1H. The molecular formula is C21H27ClN2O2. The van der Waals surface area contributed by atoms with Gasteiger partial charge in [0.15, 0.2) is 0 Å². The van der Waals surface area contributed by atoms with E-state index in [1.54, 1.807) is 0 Å². The van der Waals surface area contributed by atoms with Gasteiger partial charge in [0.05, 0.1) is 18.2 Å². The first-order valence-corrected chi connectivity index (χ1v) is 8.90. The molecule has 0 aliphatic carbocycles. The Kier molecular flexibility index (Phi) is 7.06. The Hall–Kier alpha value is -2.04. The summed E-state index contributed by atoms with van der Waals surface area (Å²) >= 11 is 0. The van der Waals surface area contributed by atoms with Crippen LogP contribution in [0.2, 0.25) is 0 Å². The SMILES string of the molecule is CC(C)Oc1ccc(C(C)NC(=O)C2Cc3ccccc3CN2)cc1.Cl. The number of carbonyl (C=O) groups excluding carboxylic acids is 1. The lowest BCUT2D eigenvalue weighted by Gasteiger charge is -2.27. The third kappa shape index (κ3) is 4.99. The maximum absolute atomic E-state index is 12.6. The number of fused-ring (bicyclic) bond motifs is 1. The zero-order valence-corrected chi connectivity index (χ0v) is 16.3. The summed E-state index contributed by atoms with van der Waals surface area (Å²) in [4.78, 5) is 12.6. The van der Waals surface area contributed by atoms with Gasteiger partial charge >= 0.3 is 0 Å². The lowest BCUT2D eigenvalue weighted by Crippen LogP contribution is -2.48. The highest BCUT2D eigenvalue weighted by Gasteiger charge is 2.24. The van der Waals surface area contributed by atoms with Crippen LogP contribution in [0.15, 0.2) is 48.5 Å². The van der Waals surface area contributed by atoms with Crippen molar-refractivity contribution in [3.8, 4) is 5.75 Å². The molecule has 0 aromatic heterocycles. The van der Waals surface area contributed by atoms with Crippen LogP contribution >= 0.6 is 12.4 Å². The Morgan fingerprint density at radius 1 is 1.08 bits per heavy atom. The predicted octanol–water partition coefficient (Wildman–Crippen LogP) is 3.79. The second-order valence-corrected chi connectivity index (χ2v) is 6.87. The summed E-state index contributed by atoms with van der Waals surface area (Å²) in [5.41, 5.74) is 3.60. The molecule has 2 N–H and O–H groups in total. The Morgan fingerprint density at radius 3 is 2.38 bits per heavy atom. The van der Waals surface area contributed by atoms with E-state index in [-0.39, 0.29) is 36.5 Å². The fraction of sp³-hybridized carbons (Fsp3) is 0.381. The number of hydrogen-bond acceptors (Lipinski definition) is 3. The lowest BCUT2D eigenvalue weighted by atomic mass is 9.95. The van der Waals surface area contributed by atoms with Crippen molar-refractivity contribution in [2.24, 2.45) is 0 Å². The van der Waals surface area contributed by atoms with Crippen LogP contribution in [0.4, 0.5) is 0 Å². The molecule has 140 valence electrons. The molecule has 0 radical (unpaired) electrons. The molecule has 2 unspecified atom stereocenters. The maximum atomic E-state index is 12.6. The van der Waals surface area contributed by atoms with Crippen molar-refractivity contribution in [2.75, 3.05) is 0 Å². The van der Waals surface area contributed by atoms with Gasteiger partial charge in [-0.3, -0.25) is 4.79 Å². The fourth-order valence-corrected chi connectivity index (χ4v) is 3.14. The molecule has 0 bridgehead atoms. The third-order valence-corrected chi connectivity index (χ3v) is 4.51. The second-order valence-electron chi connectivity index (χ2n) is 6.87. The van der Waals surface area contributed by atoms with E-state index < -0.39 is 0 Å². The molecule has 1 amide bonds. The van der Waals surface area contributed by atoms with E-state index in [1.165, 1.54) is 11.1 Å². The van der Waals surface area contributed by atoms with Gasteiger partial charge in [-0.05, 0) is 56.0 Å². The molecule has 4 nitrogen and oxygen atoms in total. The van der Waals surface area contributed by atoms with Crippen LogP contribution < -0.4 is 15.4 Å². The fourth-order valence-electron chi connectivity index (χ4n) is 3.14. The van der Waals surface area contributed by atoms with Gasteiger partial charge in [-0.15, -0.1) is 12.4 Å². The van der Waals surface area contributed by atoms with Crippen LogP contribution in [0.1, 0.15) is 43.5 Å². The molecule has 2 atom stereocenters. The van der Waals surface area contributed by atoms with E-state index in [0.29, 0.717) is 0 Å². The molecule has 3 rings (SSSR count). The van der Waals surface area contributed by atoms with Crippen LogP contribution in [-0.2, 0) is 17.8 Å². The number of carbonyl (C=O) groups is 1. The van der Waals surface area contributed by atoms with Crippen LogP contribution in [0.5, 0.6) is 5.75 Å². The molecule has 0 fully saturated rings. The van der Waals surface area contributed by atoms with Crippen LogP contribution in [-0.4, -0.2) is 18.1 Å². The molecule has 0 spiro atoms. The number of nitrogens with one attached hydrogen (secondary N) is 2. The summed E-state index contributed by atoms with van der Waals surface area (Å²) in [6, 6.07) is 16.0. The molecule has 5 heteroatoms. The van der Waals surface area contributed by atoms with Crippen molar-refractivity contribution in [3.05, 3.63) is 65.2 Å². The average Bonchev–Trinajstić information content (AvgIpc) is 2.61. The summed E-state index contributed by atoms with van der Waals surface area (Å²) in [7, 11) is 0. The Labute approximate surface area is 161 Å². The summed E-state index contributed by atoms with van der Waals surface area (Å²) < 4.78 is 5.66. The van der Waals surface area contributed by atoms with E-state index in [4.69, 9.17) is 4.74 Å². The minimum Gasteiger partial charge on any atom is -0.491 e. The zero-order chi connectivity index (χ0) is 17.8. The Balaban J connectivity index is 0.00000243.